The van der Waals surface area contributed by atoms with Crippen LogP contribution in [0.5, 0.6) is 0 Å². The van der Waals surface area contributed by atoms with E-state index in [1.54, 1.807) is 0 Å². The Bertz CT molecular complexity index is 1410. The van der Waals surface area contributed by atoms with E-state index < -0.39 is 24.2 Å². The first-order valence-corrected chi connectivity index (χ1v) is 18.5. The molecule has 0 saturated carbocycles. The fraction of sp³-hybridized carbons (Fsp3) is 0.550. The highest BCUT2D eigenvalue weighted by Crippen LogP contribution is 2.44. The van der Waals surface area contributed by atoms with Gasteiger partial charge in [0.05, 0.1) is 12.3 Å². The van der Waals surface area contributed by atoms with Crippen LogP contribution >= 0.6 is 0 Å². The van der Waals surface area contributed by atoms with Crippen LogP contribution in [0.4, 0.5) is 9.59 Å². The minimum atomic E-state index is -1.28. The molecule has 1 aliphatic rings. The number of aromatic nitrogens is 2. The highest BCUT2D eigenvalue weighted by atomic mass is 16.6. The van der Waals surface area contributed by atoms with Gasteiger partial charge in [-0.15, -0.1) is 0 Å². The zero-order valence-corrected chi connectivity index (χ0v) is 29.2. The normalized spacial score (nSPS) is 12.7. The molecule has 3 aromatic rings. The monoisotopic (exact) mass is 673 g/mol. The third-order valence-corrected chi connectivity index (χ3v) is 9.42. The molecular weight excluding hydrogens is 618 g/mol. The number of nitrogens with one attached hydrogen (secondary N) is 1. The average Bonchev–Trinajstić information content (AvgIpc) is 3.71. The Labute approximate surface area is 291 Å². The number of hydrogen-bond donors (Lipinski definition) is 2. The van der Waals surface area contributed by atoms with Crippen molar-refractivity contribution in [1.29, 1.82) is 0 Å². The Balaban J connectivity index is 1.06. The van der Waals surface area contributed by atoms with Crippen molar-refractivity contribution in [1.82, 2.24) is 14.9 Å². The lowest BCUT2D eigenvalue weighted by atomic mass is 9.98. The number of carbonyl (C=O) groups is 3. The van der Waals surface area contributed by atoms with Crippen LogP contribution in [0.3, 0.4) is 0 Å². The first-order valence-electron chi connectivity index (χ1n) is 18.5. The molecule has 1 atom stereocenters. The van der Waals surface area contributed by atoms with Crippen LogP contribution in [0.1, 0.15) is 132 Å². The molecule has 0 spiro atoms. The number of unbranched alkanes of at least 4 members (excludes halogenated alkanes) is 15. The molecule has 1 aliphatic carbocycles. The molecule has 0 fully saturated rings. The molecule has 0 unspecified atom stereocenters. The largest absolute Gasteiger partial charge is 0.480 e. The third kappa shape index (κ3) is 12.4. The number of hydrogen-bond acceptors (Lipinski definition) is 6. The summed E-state index contributed by atoms with van der Waals surface area (Å²) in [6, 6.07) is 14.7. The van der Waals surface area contributed by atoms with Gasteiger partial charge in [0.1, 0.15) is 19.0 Å². The predicted octanol–water partition coefficient (Wildman–Crippen LogP) is 9.66. The van der Waals surface area contributed by atoms with Gasteiger partial charge < -0.3 is 19.9 Å². The van der Waals surface area contributed by atoms with Gasteiger partial charge in [0, 0.05) is 18.5 Å². The highest BCUT2D eigenvalue weighted by Gasteiger charge is 2.30. The van der Waals surface area contributed by atoms with E-state index in [0.29, 0.717) is 12.3 Å². The number of alkyl carbamates (subject to hydrolysis) is 1. The number of ether oxygens (including phenoxy) is 2. The van der Waals surface area contributed by atoms with Gasteiger partial charge in [-0.2, -0.15) is 0 Å². The van der Waals surface area contributed by atoms with Crippen LogP contribution in [0.15, 0.2) is 61.1 Å². The van der Waals surface area contributed by atoms with Crippen molar-refractivity contribution < 1.29 is 29.0 Å². The molecule has 1 heterocycles. The number of aliphatic carboxylic acids is 1. The lowest BCUT2D eigenvalue weighted by molar-refractivity contribution is -0.139. The second-order valence-corrected chi connectivity index (χ2v) is 13.3. The lowest BCUT2D eigenvalue weighted by Crippen LogP contribution is -2.43. The molecule has 266 valence electrons. The van der Waals surface area contributed by atoms with Gasteiger partial charge in [0.15, 0.2) is 0 Å². The fourth-order valence-electron chi connectivity index (χ4n) is 6.64. The number of benzene rings is 2. The molecule has 0 aliphatic heterocycles. The Morgan fingerprint density at radius 3 is 1.80 bits per heavy atom. The second kappa shape index (κ2) is 21.1. The summed E-state index contributed by atoms with van der Waals surface area (Å²) in [5, 5.41) is 12.2. The number of imidazole rings is 1. The van der Waals surface area contributed by atoms with E-state index in [0.717, 1.165) is 41.5 Å². The van der Waals surface area contributed by atoms with E-state index in [9.17, 15) is 19.5 Å². The number of carboxylic acids is 1. The van der Waals surface area contributed by atoms with Crippen molar-refractivity contribution in [2.75, 3.05) is 13.2 Å². The van der Waals surface area contributed by atoms with E-state index in [-0.39, 0.29) is 18.9 Å². The van der Waals surface area contributed by atoms with Crippen LogP contribution in [0.2, 0.25) is 0 Å². The van der Waals surface area contributed by atoms with Gasteiger partial charge >= 0.3 is 18.2 Å². The van der Waals surface area contributed by atoms with E-state index >= 15 is 0 Å². The number of fused-ring (bicyclic) bond motifs is 3. The molecule has 0 bridgehead atoms. The summed E-state index contributed by atoms with van der Waals surface area (Å²) >= 11 is 0. The van der Waals surface area contributed by atoms with Crippen molar-refractivity contribution in [2.45, 2.75) is 128 Å². The van der Waals surface area contributed by atoms with Crippen LogP contribution in [0.25, 0.3) is 11.1 Å². The minimum Gasteiger partial charge on any atom is -0.480 e. The smallest absolute Gasteiger partial charge is 0.419 e. The Morgan fingerprint density at radius 2 is 1.27 bits per heavy atom. The van der Waals surface area contributed by atoms with E-state index in [1.165, 1.54) is 101 Å². The van der Waals surface area contributed by atoms with Crippen molar-refractivity contribution in [3.63, 3.8) is 0 Å². The molecule has 1 aromatic heterocycles. The molecule has 2 N–H and O–H groups in total. The minimum absolute atomic E-state index is 0.0755. The molecular formula is C40H55N3O6. The Kier molecular flexibility index (Phi) is 16.2. The summed E-state index contributed by atoms with van der Waals surface area (Å²) in [7, 11) is 0. The lowest BCUT2D eigenvalue weighted by Gasteiger charge is -2.17. The highest BCUT2D eigenvalue weighted by molar-refractivity contribution is 5.81. The van der Waals surface area contributed by atoms with Gasteiger partial charge in [-0.05, 0) is 28.7 Å². The number of nitrogens with zero attached hydrogens (tertiary/aromatic N) is 2. The number of carbonyl (C=O) groups excluding carboxylic acids is 2. The SMILES string of the molecule is CCCCCCCCCCCCCCCCCCOC(=O)n1cnc(C[C@@H](NC(=O)OCC2c3ccccc3-c3ccccc32)C(=O)O)c1. The summed E-state index contributed by atoms with van der Waals surface area (Å²) in [5.41, 5.74) is 4.69. The molecule has 1 amide bonds. The molecule has 4 rings (SSSR count). The summed E-state index contributed by atoms with van der Waals surface area (Å²) in [6.45, 7) is 2.66. The van der Waals surface area contributed by atoms with Crippen molar-refractivity contribution in [3.05, 3.63) is 77.9 Å². The van der Waals surface area contributed by atoms with Gasteiger partial charge in [-0.25, -0.2) is 23.9 Å². The van der Waals surface area contributed by atoms with Gasteiger partial charge in [-0.1, -0.05) is 152 Å². The quantitative estimate of drug-likeness (QED) is 0.0962. The number of carboxylic acid groups (broad SMARTS) is 1. The third-order valence-electron chi connectivity index (χ3n) is 9.42. The van der Waals surface area contributed by atoms with Gasteiger partial charge in [0.2, 0.25) is 0 Å². The van der Waals surface area contributed by atoms with Crippen molar-refractivity contribution in [2.24, 2.45) is 0 Å². The maximum atomic E-state index is 12.7. The molecule has 9 nitrogen and oxygen atoms in total. The maximum absolute atomic E-state index is 12.7. The maximum Gasteiger partial charge on any atom is 0.419 e. The molecule has 49 heavy (non-hydrogen) atoms. The fourth-order valence-corrected chi connectivity index (χ4v) is 6.64. The summed E-state index contributed by atoms with van der Waals surface area (Å²) in [6.07, 6.45) is 21.7. The second-order valence-electron chi connectivity index (χ2n) is 13.3. The first kappa shape index (κ1) is 37.7. The van der Waals surface area contributed by atoms with Crippen molar-refractivity contribution >= 4 is 18.2 Å². The molecule has 0 radical (unpaired) electrons. The standard InChI is InChI=1S/C40H55N3O6/c1-2-3-4-5-6-7-8-9-10-11-12-13-14-15-16-21-26-48-40(47)43-28-31(41-30-43)27-37(38(44)45)42-39(46)49-29-36-34-24-19-17-22-32(34)33-23-18-20-25-35(33)36/h17-20,22-25,28,30,36-37H,2-16,21,26-27,29H2,1H3,(H,42,46)(H,44,45)/t37-/m1/s1. The summed E-state index contributed by atoms with van der Waals surface area (Å²) in [4.78, 5) is 41.3. The molecule has 0 saturated heterocycles. The van der Waals surface area contributed by atoms with E-state index in [1.807, 2.05) is 48.5 Å². The topological polar surface area (TPSA) is 120 Å². The van der Waals surface area contributed by atoms with Crippen LogP contribution in [-0.2, 0) is 20.7 Å². The van der Waals surface area contributed by atoms with Gasteiger partial charge in [0.25, 0.3) is 0 Å². The number of amides is 1. The van der Waals surface area contributed by atoms with E-state index in [2.05, 4.69) is 17.2 Å². The molecule has 2 aromatic carbocycles. The van der Waals surface area contributed by atoms with Crippen LogP contribution < -0.4 is 5.32 Å². The first-order chi connectivity index (χ1) is 24.0. The van der Waals surface area contributed by atoms with E-state index in [4.69, 9.17) is 9.47 Å². The van der Waals surface area contributed by atoms with Crippen LogP contribution in [0, 0.1) is 0 Å². The summed E-state index contributed by atoms with van der Waals surface area (Å²) in [5.74, 6) is -1.36. The Hall–Kier alpha value is -4.14. The predicted molar refractivity (Wildman–Crippen MR) is 192 cm³/mol. The zero-order chi connectivity index (χ0) is 34.7. The number of rotatable bonds is 23. The van der Waals surface area contributed by atoms with Crippen LogP contribution in [-0.4, -0.2) is 52.1 Å². The molecule has 9 heteroatoms. The zero-order valence-electron chi connectivity index (χ0n) is 29.2. The van der Waals surface area contributed by atoms with Gasteiger partial charge in [-0.3, -0.25) is 0 Å². The van der Waals surface area contributed by atoms with Crippen molar-refractivity contribution in [3.8, 4) is 11.1 Å². The Morgan fingerprint density at radius 1 is 0.755 bits per heavy atom. The summed E-state index contributed by atoms with van der Waals surface area (Å²) < 4.78 is 12.1. The average molecular weight is 674 g/mol.